The number of rotatable bonds is 5. The third-order valence-corrected chi connectivity index (χ3v) is 5.91. The van der Waals surface area contributed by atoms with Gasteiger partial charge in [0.2, 0.25) is 0 Å². The minimum Gasteiger partial charge on any atom is -0.435 e. The molecule has 0 spiro atoms. The molecule has 0 bridgehead atoms. The minimum atomic E-state index is -2.99. The Hall–Kier alpha value is -3.49. The topological polar surface area (TPSA) is 66.5 Å². The molecule has 1 saturated carbocycles. The second-order valence-electron chi connectivity index (χ2n) is 7.75. The van der Waals surface area contributed by atoms with Gasteiger partial charge in [-0.1, -0.05) is 12.1 Å². The highest BCUT2D eigenvalue weighted by Crippen LogP contribution is 2.47. The van der Waals surface area contributed by atoms with Crippen molar-refractivity contribution in [2.24, 2.45) is 11.8 Å². The molecule has 2 N–H and O–H groups in total. The van der Waals surface area contributed by atoms with Crippen molar-refractivity contribution in [1.29, 1.82) is 0 Å². The number of alkyl halides is 2. The van der Waals surface area contributed by atoms with E-state index >= 15 is 0 Å². The average molecular weight is 428 g/mol. The summed E-state index contributed by atoms with van der Waals surface area (Å²) in [6.45, 7) is -1.82. The smallest absolute Gasteiger partial charge is 0.387 e. The lowest BCUT2D eigenvalue weighted by Crippen LogP contribution is -2.37. The summed E-state index contributed by atoms with van der Waals surface area (Å²) in [7, 11) is 0. The summed E-state index contributed by atoms with van der Waals surface area (Å²) in [5.41, 5.74) is 1.05. The number of ether oxygens (including phenoxy) is 1. The number of urea groups is 1. The van der Waals surface area contributed by atoms with Crippen LogP contribution in [0.2, 0.25) is 0 Å². The van der Waals surface area contributed by atoms with E-state index in [-0.39, 0.29) is 29.7 Å². The van der Waals surface area contributed by atoms with Gasteiger partial charge in [-0.15, -0.1) is 0 Å². The Morgan fingerprint density at radius 2 is 1.97 bits per heavy atom. The predicted molar refractivity (Wildman–Crippen MR) is 110 cm³/mol. The van der Waals surface area contributed by atoms with Crippen molar-refractivity contribution >= 4 is 28.2 Å². The highest BCUT2D eigenvalue weighted by atomic mass is 19.3. The first kappa shape index (κ1) is 19.5. The molecular formula is C22H19F3N4O2. The SMILES string of the molecule is O=C(Nc1cccc2cnccc12)NC1C2CN(c3ccc(OC(F)F)cc3F)CC21. The number of pyridine rings is 1. The van der Waals surface area contributed by atoms with Gasteiger partial charge in [-0.05, 0) is 24.3 Å². The second kappa shape index (κ2) is 7.64. The predicted octanol–water partition coefficient (Wildman–Crippen LogP) is 4.23. The van der Waals surface area contributed by atoms with E-state index in [0.717, 1.165) is 16.8 Å². The Morgan fingerprint density at radius 1 is 1.16 bits per heavy atom. The summed E-state index contributed by atoms with van der Waals surface area (Å²) in [4.78, 5) is 18.4. The maximum Gasteiger partial charge on any atom is 0.387 e. The maximum absolute atomic E-state index is 14.3. The Balaban J connectivity index is 1.18. The molecule has 9 heteroatoms. The summed E-state index contributed by atoms with van der Waals surface area (Å²) in [5, 5.41) is 7.73. The normalized spacial score (nSPS) is 21.8. The molecule has 2 atom stereocenters. The maximum atomic E-state index is 14.3. The Morgan fingerprint density at radius 3 is 2.71 bits per heavy atom. The van der Waals surface area contributed by atoms with E-state index in [1.54, 1.807) is 12.4 Å². The fourth-order valence-electron chi connectivity index (χ4n) is 4.40. The molecule has 31 heavy (non-hydrogen) atoms. The Kier molecular flexibility index (Phi) is 4.80. The van der Waals surface area contributed by atoms with Crippen LogP contribution in [0.1, 0.15) is 0 Å². The van der Waals surface area contributed by atoms with Crippen molar-refractivity contribution in [2.75, 3.05) is 23.3 Å². The number of anilines is 2. The molecule has 3 aromatic rings. The van der Waals surface area contributed by atoms with Crippen molar-refractivity contribution in [3.05, 3.63) is 60.7 Å². The van der Waals surface area contributed by atoms with Crippen molar-refractivity contribution in [3.63, 3.8) is 0 Å². The highest BCUT2D eigenvalue weighted by Gasteiger charge is 2.56. The molecule has 2 aromatic carbocycles. The van der Waals surface area contributed by atoms with Gasteiger partial charge in [-0.2, -0.15) is 8.78 Å². The van der Waals surface area contributed by atoms with E-state index in [1.165, 1.54) is 12.1 Å². The first-order valence-corrected chi connectivity index (χ1v) is 9.89. The molecule has 1 saturated heterocycles. The Labute approximate surface area is 176 Å². The number of hydrogen-bond acceptors (Lipinski definition) is 4. The molecule has 1 aromatic heterocycles. The number of halogens is 3. The molecule has 2 unspecified atom stereocenters. The van der Waals surface area contributed by atoms with Crippen LogP contribution in [0.5, 0.6) is 5.75 Å². The number of benzene rings is 2. The summed E-state index contributed by atoms with van der Waals surface area (Å²) >= 11 is 0. The van der Waals surface area contributed by atoms with Crippen LogP contribution in [0.15, 0.2) is 54.9 Å². The quantitative estimate of drug-likeness (QED) is 0.638. The lowest BCUT2D eigenvalue weighted by atomic mass is 10.1. The molecular weight excluding hydrogens is 409 g/mol. The number of carbonyl (C=O) groups excluding carboxylic acids is 1. The number of piperidine rings is 1. The number of carbonyl (C=O) groups is 1. The largest absolute Gasteiger partial charge is 0.435 e. The second-order valence-corrected chi connectivity index (χ2v) is 7.75. The number of nitrogens with one attached hydrogen (secondary N) is 2. The van der Waals surface area contributed by atoms with Crippen LogP contribution in [-0.2, 0) is 0 Å². The van der Waals surface area contributed by atoms with Crippen LogP contribution in [0.4, 0.5) is 29.3 Å². The lowest BCUT2D eigenvalue weighted by Gasteiger charge is -2.23. The van der Waals surface area contributed by atoms with E-state index in [9.17, 15) is 18.0 Å². The van der Waals surface area contributed by atoms with Gasteiger partial charge in [-0.25, -0.2) is 9.18 Å². The molecule has 2 fully saturated rings. The van der Waals surface area contributed by atoms with Crippen LogP contribution in [0, 0.1) is 17.7 Å². The molecule has 2 amide bonds. The van der Waals surface area contributed by atoms with E-state index in [4.69, 9.17) is 0 Å². The van der Waals surface area contributed by atoms with Gasteiger partial charge in [0.05, 0.1) is 11.4 Å². The van der Waals surface area contributed by atoms with Gasteiger partial charge in [-0.3, -0.25) is 4.98 Å². The molecule has 1 aliphatic heterocycles. The molecule has 1 aliphatic carbocycles. The number of fused-ring (bicyclic) bond motifs is 2. The zero-order valence-corrected chi connectivity index (χ0v) is 16.3. The fraction of sp³-hybridized carbons (Fsp3) is 0.273. The summed E-state index contributed by atoms with van der Waals surface area (Å²) in [5.74, 6) is -0.370. The third kappa shape index (κ3) is 3.83. The van der Waals surface area contributed by atoms with Crippen LogP contribution in [0.3, 0.4) is 0 Å². The zero-order valence-electron chi connectivity index (χ0n) is 16.3. The van der Waals surface area contributed by atoms with Gasteiger partial charge in [0.1, 0.15) is 11.6 Å². The molecule has 2 heterocycles. The van der Waals surface area contributed by atoms with Crippen LogP contribution in [0.25, 0.3) is 10.8 Å². The molecule has 5 rings (SSSR count). The van der Waals surface area contributed by atoms with Gasteiger partial charge in [0.25, 0.3) is 0 Å². The third-order valence-electron chi connectivity index (χ3n) is 5.91. The van der Waals surface area contributed by atoms with E-state index in [2.05, 4.69) is 20.4 Å². The summed E-state index contributed by atoms with van der Waals surface area (Å²) in [6.07, 6.45) is 3.42. The van der Waals surface area contributed by atoms with Crippen LogP contribution < -0.4 is 20.3 Å². The van der Waals surface area contributed by atoms with Crippen LogP contribution in [-0.4, -0.2) is 36.8 Å². The van der Waals surface area contributed by atoms with E-state index in [1.807, 2.05) is 29.2 Å². The van der Waals surface area contributed by atoms with Crippen molar-refractivity contribution in [3.8, 4) is 5.75 Å². The van der Waals surface area contributed by atoms with Gasteiger partial charge in [0.15, 0.2) is 0 Å². The molecule has 2 aliphatic rings. The first-order valence-electron chi connectivity index (χ1n) is 9.89. The van der Waals surface area contributed by atoms with E-state index in [0.29, 0.717) is 24.5 Å². The number of hydrogen-bond donors (Lipinski definition) is 2. The number of aromatic nitrogens is 1. The first-order chi connectivity index (χ1) is 15.0. The van der Waals surface area contributed by atoms with Crippen molar-refractivity contribution in [1.82, 2.24) is 10.3 Å². The number of nitrogens with zero attached hydrogens (tertiary/aromatic N) is 2. The zero-order chi connectivity index (χ0) is 21.5. The fourth-order valence-corrected chi connectivity index (χ4v) is 4.40. The highest BCUT2D eigenvalue weighted by molar-refractivity contribution is 6.01. The van der Waals surface area contributed by atoms with Gasteiger partial charge < -0.3 is 20.3 Å². The van der Waals surface area contributed by atoms with Crippen molar-refractivity contribution < 1.29 is 22.7 Å². The average Bonchev–Trinajstić information content (AvgIpc) is 3.16. The summed E-state index contributed by atoms with van der Waals surface area (Å²) < 4.78 is 43.1. The molecule has 6 nitrogen and oxygen atoms in total. The Bertz CT molecular complexity index is 1130. The van der Waals surface area contributed by atoms with Gasteiger partial charge >= 0.3 is 12.6 Å². The molecule has 0 radical (unpaired) electrons. The summed E-state index contributed by atoms with van der Waals surface area (Å²) in [6, 6.07) is 11.0. The minimum absolute atomic E-state index is 0.0254. The standard InChI is InChI=1S/C22H19F3N4O2/c23-17-8-13(31-21(24)25)4-5-19(17)29-10-15-16(11-29)20(15)28-22(30)27-18-3-1-2-12-9-26-7-6-14(12)18/h1-9,15-16,20-21H,10-11H2,(H2,27,28,30). The lowest BCUT2D eigenvalue weighted by molar-refractivity contribution is -0.0499. The van der Waals surface area contributed by atoms with E-state index < -0.39 is 12.4 Å². The molecule has 160 valence electrons. The van der Waals surface area contributed by atoms with Crippen molar-refractivity contribution in [2.45, 2.75) is 12.7 Å². The number of amides is 2. The van der Waals surface area contributed by atoms with Gasteiger partial charge in [0, 0.05) is 60.2 Å². The monoisotopic (exact) mass is 428 g/mol. The van der Waals surface area contributed by atoms with Crippen LogP contribution >= 0.6 is 0 Å².